The molecule has 58 valence electrons. The number of hydrogen-bond donors (Lipinski definition) is 0. The first kappa shape index (κ1) is 7.17. The van der Waals surface area contributed by atoms with E-state index in [1.54, 1.807) is 0 Å². The summed E-state index contributed by atoms with van der Waals surface area (Å²) in [5, 5.41) is 0.931. The average molecular weight is 213 g/mol. The van der Waals surface area contributed by atoms with Gasteiger partial charge in [0.2, 0.25) is 0 Å². The lowest BCUT2D eigenvalue weighted by Crippen LogP contribution is -1.85. The van der Waals surface area contributed by atoms with Crippen molar-refractivity contribution in [2.45, 2.75) is 11.8 Å². The molecule has 1 aliphatic heterocycles. The van der Waals surface area contributed by atoms with Gasteiger partial charge in [-0.1, -0.05) is 28.1 Å². The summed E-state index contributed by atoms with van der Waals surface area (Å²) < 4.78 is 5.38. The quantitative estimate of drug-likeness (QED) is 0.651. The standard InChI is InChI=1S/C9H9BrO/c10-6-7-1-2-9-8(5-7)3-4-11-9/h1-2,5H,3-4,6H2. The van der Waals surface area contributed by atoms with E-state index in [2.05, 4.69) is 34.1 Å². The predicted molar refractivity (Wildman–Crippen MR) is 48.3 cm³/mol. The molecule has 0 fully saturated rings. The molecule has 1 aromatic carbocycles. The summed E-state index contributed by atoms with van der Waals surface area (Å²) in [6.45, 7) is 0.848. The van der Waals surface area contributed by atoms with Gasteiger partial charge in [-0.05, 0) is 17.2 Å². The smallest absolute Gasteiger partial charge is 0.122 e. The molecule has 0 N–H and O–H groups in total. The average Bonchev–Trinajstić information content (AvgIpc) is 2.50. The van der Waals surface area contributed by atoms with Gasteiger partial charge in [0.1, 0.15) is 5.75 Å². The molecule has 0 unspecified atom stereocenters. The summed E-state index contributed by atoms with van der Waals surface area (Å²) in [7, 11) is 0. The van der Waals surface area contributed by atoms with Crippen LogP contribution >= 0.6 is 15.9 Å². The molecule has 0 saturated carbocycles. The van der Waals surface area contributed by atoms with E-state index >= 15 is 0 Å². The predicted octanol–water partition coefficient (Wildman–Crippen LogP) is 2.52. The Labute approximate surface area is 74.5 Å². The van der Waals surface area contributed by atoms with Crippen molar-refractivity contribution in [1.29, 1.82) is 0 Å². The van der Waals surface area contributed by atoms with E-state index in [0.29, 0.717) is 0 Å². The lowest BCUT2D eigenvalue weighted by atomic mass is 10.1. The molecule has 0 aliphatic carbocycles. The van der Waals surface area contributed by atoms with Crippen LogP contribution in [0.5, 0.6) is 5.75 Å². The second-order valence-corrected chi connectivity index (χ2v) is 3.23. The number of alkyl halides is 1. The van der Waals surface area contributed by atoms with Gasteiger partial charge in [-0.25, -0.2) is 0 Å². The van der Waals surface area contributed by atoms with Gasteiger partial charge in [0.05, 0.1) is 6.61 Å². The Bertz CT molecular complexity index is 270. The van der Waals surface area contributed by atoms with Crippen LogP contribution in [-0.2, 0) is 11.8 Å². The van der Waals surface area contributed by atoms with E-state index < -0.39 is 0 Å². The summed E-state index contributed by atoms with van der Waals surface area (Å²) in [5.74, 6) is 1.06. The minimum atomic E-state index is 0.848. The molecule has 0 spiro atoms. The minimum absolute atomic E-state index is 0.848. The molecule has 0 atom stereocenters. The Morgan fingerprint density at radius 1 is 1.45 bits per heavy atom. The van der Waals surface area contributed by atoms with Crippen molar-refractivity contribution in [3.8, 4) is 5.75 Å². The third kappa shape index (κ3) is 1.27. The Balaban J connectivity index is 2.41. The molecule has 0 saturated heterocycles. The third-order valence-corrected chi connectivity index (χ3v) is 2.56. The second kappa shape index (κ2) is 2.86. The molecule has 0 radical (unpaired) electrons. The number of rotatable bonds is 1. The molecule has 0 aromatic heterocycles. The zero-order valence-corrected chi connectivity index (χ0v) is 7.73. The summed E-state index contributed by atoms with van der Waals surface area (Å²) in [5.41, 5.74) is 2.68. The van der Waals surface area contributed by atoms with E-state index in [1.165, 1.54) is 11.1 Å². The van der Waals surface area contributed by atoms with Crippen LogP contribution in [0.3, 0.4) is 0 Å². The maximum absolute atomic E-state index is 5.38. The van der Waals surface area contributed by atoms with Crippen LogP contribution in [0.4, 0.5) is 0 Å². The van der Waals surface area contributed by atoms with Crippen molar-refractivity contribution in [2.75, 3.05) is 6.61 Å². The molecular weight excluding hydrogens is 204 g/mol. The van der Waals surface area contributed by atoms with E-state index in [-0.39, 0.29) is 0 Å². The number of ether oxygens (including phenoxy) is 1. The fourth-order valence-electron chi connectivity index (χ4n) is 1.32. The Morgan fingerprint density at radius 3 is 3.18 bits per heavy atom. The second-order valence-electron chi connectivity index (χ2n) is 2.67. The number of fused-ring (bicyclic) bond motifs is 1. The molecule has 1 aliphatic rings. The van der Waals surface area contributed by atoms with Crippen LogP contribution in [0.1, 0.15) is 11.1 Å². The number of benzene rings is 1. The molecular formula is C9H9BrO. The van der Waals surface area contributed by atoms with Gasteiger partial charge in [-0.3, -0.25) is 0 Å². The largest absolute Gasteiger partial charge is 0.493 e. The zero-order chi connectivity index (χ0) is 7.68. The maximum atomic E-state index is 5.38. The van der Waals surface area contributed by atoms with E-state index in [4.69, 9.17) is 4.74 Å². The van der Waals surface area contributed by atoms with Gasteiger partial charge in [0.25, 0.3) is 0 Å². The van der Waals surface area contributed by atoms with E-state index in [0.717, 1.165) is 24.1 Å². The number of halogens is 1. The minimum Gasteiger partial charge on any atom is -0.493 e. The Hall–Kier alpha value is -0.500. The van der Waals surface area contributed by atoms with Crippen molar-refractivity contribution in [1.82, 2.24) is 0 Å². The van der Waals surface area contributed by atoms with Crippen LogP contribution in [0.2, 0.25) is 0 Å². The van der Waals surface area contributed by atoms with E-state index in [9.17, 15) is 0 Å². The van der Waals surface area contributed by atoms with Crippen LogP contribution in [-0.4, -0.2) is 6.61 Å². The zero-order valence-electron chi connectivity index (χ0n) is 6.14. The third-order valence-electron chi connectivity index (χ3n) is 1.91. The molecule has 2 heteroatoms. The molecule has 0 bridgehead atoms. The van der Waals surface area contributed by atoms with Crippen LogP contribution in [0.25, 0.3) is 0 Å². The fraction of sp³-hybridized carbons (Fsp3) is 0.333. The molecule has 0 amide bonds. The highest BCUT2D eigenvalue weighted by atomic mass is 79.9. The van der Waals surface area contributed by atoms with Gasteiger partial charge < -0.3 is 4.74 Å². The lowest BCUT2D eigenvalue weighted by Gasteiger charge is -1.99. The summed E-state index contributed by atoms with van der Waals surface area (Å²) in [6.07, 6.45) is 1.07. The van der Waals surface area contributed by atoms with Crippen LogP contribution in [0.15, 0.2) is 18.2 Å². The first-order valence-corrected chi connectivity index (χ1v) is 4.83. The van der Waals surface area contributed by atoms with Gasteiger partial charge in [0, 0.05) is 11.8 Å². The fourth-order valence-corrected chi connectivity index (χ4v) is 1.67. The Kier molecular flexibility index (Phi) is 1.86. The number of hydrogen-bond acceptors (Lipinski definition) is 1. The normalized spacial score (nSPS) is 14.3. The molecule has 2 rings (SSSR count). The highest BCUT2D eigenvalue weighted by molar-refractivity contribution is 9.08. The topological polar surface area (TPSA) is 9.23 Å². The van der Waals surface area contributed by atoms with Gasteiger partial charge >= 0.3 is 0 Å². The molecule has 1 nitrogen and oxygen atoms in total. The lowest BCUT2D eigenvalue weighted by molar-refractivity contribution is 0.357. The highest BCUT2D eigenvalue weighted by Gasteiger charge is 2.10. The van der Waals surface area contributed by atoms with Crippen LogP contribution in [0, 0.1) is 0 Å². The first-order chi connectivity index (χ1) is 5.40. The summed E-state index contributed by atoms with van der Waals surface area (Å²) in [6, 6.07) is 6.36. The van der Waals surface area contributed by atoms with Crippen LogP contribution < -0.4 is 4.74 Å². The molecule has 1 aromatic rings. The van der Waals surface area contributed by atoms with Gasteiger partial charge in [-0.2, -0.15) is 0 Å². The summed E-state index contributed by atoms with van der Waals surface area (Å²) >= 11 is 3.42. The first-order valence-electron chi connectivity index (χ1n) is 3.71. The SMILES string of the molecule is BrCc1ccc2c(c1)CCO2. The van der Waals surface area contributed by atoms with Crippen molar-refractivity contribution >= 4 is 15.9 Å². The summed E-state index contributed by atoms with van der Waals surface area (Å²) in [4.78, 5) is 0. The van der Waals surface area contributed by atoms with Crippen molar-refractivity contribution in [3.63, 3.8) is 0 Å². The van der Waals surface area contributed by atoms with Gasteiger partial charge in [0.15, 0.2) is 0 Å². The maximum Gasteiger partial charge on any atom is 0.122 e. The monoisotopic (exact) mass is 212 g/mol. The van der Waals surface area contributed by atoms with Gasteiger partial charge in [-0.15, -0.1) is 0 Å². The van der Waals surface area contributed by atoms with E-state index in [1.807, 2.05) is 0 Å². The molecule has 11 heavy (non-hydrogen) atoms. The Morgan fingerprint density at radius 2 is 2.36 bits per heavy atom. The van der Waals surface area contributed by atoms with Crippen molar-refractivity contribution < 1.29 is 4.74 Å². The van der Waals surface area contributed by atoms with Crippen molar-refractivity contribution in [3.05, 3.63) is 29.3 Å². The highest BCUT2D eigenvalue weighted by Crippen LogP contribution is 2.26. The van der Waals surface area contributed by atoms with Crippen molar-refractivity contribution in [2.24, 2.45) is 0 Å². The molecule has 1 heterocycles.